The number of rotatable bonds is 11. The van der Waals surface area contributed by atoms with Crippen molar-refractivity contribution in [2.24, 2.45) is 17.8 Å². The first-order valence-corrected chi connectivity index (χ1v) is 16.1. The Kier molecular flexibility index (Phi) is 12.4. The molecule has 2 aliphatic heterocycles. The molecule has 0 aromatic carbocycles. The molecule has 1 aromatic rings. The van der Waals surface area contributed by atoms with Crippen LogP contribution < -0.4 is 11.2 Å². The number of likely N-dealkylation sites (tertiary alicyclic amines) is 1. The number of hydrogen-bond acceptors (Lipinski definition) is 13. The molecular formula is C32H46FN3O13. The predicted molar refractivity (Wildman–Crippen MR) is 166 cm³/mol. The van der Waals surface area contributed by atoms with E-state index in [0.717, 1.165) is 12.3 Å². The molecule has 0 aliphatic carbocycles. The van der Waals surface area contributed by atoms with Gasteiger partial charge in [0.25, 0.3) is 11.4 Å². The Morgan fingerprint density at radius 3 is 2.10 bits per heavy atom. The van der Waals surface area contributed by atoms with E-state index in [0.29, 0.717) is 15.6 Å². The first kappa shape index (κ1) is 39.2. The van der Waals surface area contributed by atoms with Crippen molar-refractivity contribution in [1.29, 1.82) is 0 Å². The number of halogens is 1. The van der Waals surface area contributed by atoms with E-state index in [1.165, 1.54) is 46.4 Å². The number of carbonyl (C=O) groups is 5. The van der Waals surface area contributed by atoms with Crippen molar-refractivity contribution in [3.8, 4) is 0 Å². The van der Waals surface area contributed by atoms with E-state index in [4.69, 9.17) is 28.4 Å². The van der Waals surface area contributed by atoms with Gasteiger partial charge < -0.3 is 28.4 Å². The molecule has 274 valence electrons. The van der Waals surface area contributed by atoms with Crippen LogP contribution in [-0.2, 0) is 54.3 Å². The van der Waals surface area contributed by atoms with Gasteiger partial charge in [-0.2, -0.15) is 0 Å². The summed E-state index contributed by atoms with van der Waals surface area (Å²) in [5.41, 5.74) is -2.92. The van der Waals surface area contributed by atoms with Crippen molar-refractivity contribution in [3.63, 3.8) is 0 Å². The first-order valence-electron chi connectivity index (χ1n) is 16.1. The van der Waals surface area contributed by atoms with E-state index in [1.807, 2.05) is 0 Å². The quantitative estimate of drug-likeness (QED) is 0.242. The molecule has 5 atom stereocenters. The van der Waals surface area contributed by atoms with Crippen molar-refractivity contribution in [1.82, 2.24) is 14.0 Å². The average Bonchev–Trinajstić information content (AvgIpc) is 3.59. The van der Waals surface area contributed by atoms with Gasteiger partial charge in [0.2, 0.25) is 6.10 Å². The molecule has 49 heavy (non-hydrogen) atoms. The summed E-state index contributed by atoms with van der Waals surface area (Å²) < 4.78 is 50.2. The molecule has 0 bridgehead atoms. The second-order valence-electron chi connectivity index (χ2n) is 13.8. The zero-order chi connectivity index (χ0) is 37.0. The molecule has 3 heterocycles. The van der Waals surface area contributed by atoms with Gasteiger partial charge in [0.1, 0.15) is 11.6 Å². The third-order valence-electron chi connectivity index (χ3n) is 7.50. The lowest BCUT2D eigenvalue weighted by atomic mass is 10.1. The maximum atomic E-state index is 16.7. The topological polar surface area (TPSA) is 188 Å². The lowest BCUT2D eigenvalue weighted by Crippen LogP contribution is -2.49. The molecule has 0 spiro atoms. The fourth-order valence-electron chi connectivity index (χ4n) is 4.82. The van der Waals surface area contributed by atoms with Crippen molar-refractivity contribution < 1.29 is 56.8 Å². The van der Waals surface area contributed by atoms with Gasteiger partial charge in [0.15, 0.2) is 25.7 Å². The SMILES string of the molecule is CC(C)C(=O)OC[C@@]1(F)O[C@@H](n2ccc(=O)n(COC(=O)[C@@H]3CCCN3C(=O)OC(C)(C)C)c2=O)[C@H](OC(=O)C(C)C)[C@@H]1OC(=O)C(C)C. The zero-order valence-electron chi connectivity index (χ0n) is 29.3. The lowest BCUT2D eigenvalue weighted by Gasteiger charge is -2.28. The maximum absolute atomic E-state index is 16.7. The molecule has 0 N–H and O–H groups in total. The van der Waals surface area contributed by atoms with Crippen LogP contribution in [-0.4, -0.2) is 86.9 Å². The van der Waals surface area contributed by atoms with Crippen molar-refractivity contribution in [2.75, 3.05) is 13.2 Å². The third kappa shape index (κ3) is 9.45. The van der Waals surface area contributed by atoms with Crippen molar-refractivity contribution in [3.05, 3.63) is 33.1 Å². The Hall–Kier alpha value is -4.28. The summed E-state index contributed by atoms with van der Waals surface area (Å²) in [6.45, 7) is 12.2. The maximum Gasteiger partial charge on any atom is 0.411 e. The zero-order valence-corrected chi connectivity index (χ0v) is 29.3. The van der Waals surface area contributed by atoms with E-state index in [9.17, 15) is 33.6 Å². The van der Waals surface area contributed by atoms with E-state index in [2.05, 4.69) is 0 Å². The summed E-state index contributed by atoms with van der Waals surface area (Å²) in [6, 6.07) is -0.138. The minimum Gasteiger partial charge on any atom is -0.459 e. The highest BCUT2D eigenvalue weighted by molar-refractivity contribution is 5.82. The predicted octanol–water partition coefficient (Wildman–Crippen LogP) is 2.44. The lowest BCUT2D eigenvalue weighted by molar-refractivity contribution is -0.226. The first-order chi connectivity index (χ1) is 22.7. The molecule has 2 fully saturated rings. The molecule has 0 saturated carbocycles. The second kappa shape index (κ2) is 15.5. The summed E-state index contributed by atoms with van der Waals surface area (Å²) in [4.78, 5) is 91.2. The van der Waals surface area contributed by atoms with E-state index in [1.54, 1.807) is 20.8 Å². The highest BCUT2D eigenvalue weighted by atomic mass is 19.2. The Morgan fingerprint density at radius 2 is 1.53 bits per heavy atom. The van der Waals surface area contributed by atoms with Gasteiger partial charge in [-0.3, -0.25) is 28.6 Å². The summed E-state index contributed by atoms with van der Waals surface area (Å²) in [7, 11) is 0. The minimum atomic E-state index is -3.12. The van der Waals surface area contributed by atoms with Gasteiger partial charge in [-0.15, -0.1) is 0 Å². The van der Waals surface area contributed by atoms with E-state index < -0.39 is 108 Å². The van der Waals surface area contributed by atoms with Gasteiger partial charge in [0, 0.05) is 18.8 Å². The van der Waals surface area contributed by atoms with E-state index in [-0.39, 0.29) is 13.0 Å². The molecule has 17 heteroatoms. The molecular weight excluding hydrogens is 653 g/mol. The van der Waals surface area contributed by atoms with Crippen LogP contribution in [0.15, 0.2) is 21.9 Å². The van der Waals surface area contributed by atoms with E-state index >= 15 is 4.39 Å². The number of ether oxygens (including phenoxy) is 6. The monoisotopic (exact) mass is 699 g/mol. The van der Waals surface area contributed by atoms with Crippen LogP contribution >= 0.6 is 0 Å². The Morgan fingerprint density at radius 1 is 0.939 bits per heavy atom. The molecule has 2 saturated heterocycles. The van der Waals surface area contributed by atoms with Gasteiger partial charge >= 0.3 is 35.7 Å². The number of nitrogens with zero attached hydrogens (tertiary/aromatic N) is 3. The van der Waals surface area contributed by atoms with Crippen LogP contribution in [0.1, 0.15) is 81.4 Å². The Balaban J connectivity index is 1.98. The van der Waals surface area contributed by atoms with Crippen molar-refractivity contribution in [2.45, 2.75) is 118 Å². The number of amides is 1. The van der Waals surface area contributed by atoms with Gasteiger partial charge in [-0.1, -0.05) is 41.5 Å². The number of aromatic nitrogens is 2. The standard InChI is InChI=1S/C32H46FN3O13/c1-17(2)25(38)44-15-32(33)23(47-27(40)19(5)6)22(46-26(39)18(3)4)24(48-32)35-14-12-21(37)36(29(35)42)16-45-28(41)20-11-10-13-34(20)30(43)49-31(7,8)9/h12,14,17-20,22-24H,10-11,13,15-16H2,1-9H3/t20-,22+,23-,24+,32+/m0/s1. The summed E-state index contributed by atoms with van der Waals surface area (Å²) in [5, 5.41) is 0. The van der Waals surface area contributed by atoms with Gasteiger partial charge in [-0.25, -0.2) is 23.3 Å². The molecule has 0 unspecified atom stereocenters. The second-order valence-corrected chi connectivity index (χ2v) is 13.8. The van der Waals surface area contributed by atoms with Gasteiger partial charge in [0.05, 0.1) is 17.8 Å². The molecule has 2 aliphatic rings. The summed E-state index contributed by atoms with van der Waals surface area (Å²) in [6.07, 6.45) is -4.75. The van der Waals surface area contributed by atoms with Crippen LogP contribution in [0.4, 0.5) is 9.18 Å². The normalized spacial score (nSPS) is 23.9. The number of alkyl halides is 1. The van der Waals surface area contributed by atoms with Crippen LogP contribution in [0, 0.1) is 17.8 Å². The van der Waals surface area contributed by atoms with Crippen LogP contribution in [0.3, 0.4) is 0 Å². The minimum absolute atomic E-state index is 0.224. The fourth-order valence-corrected chi connectivity index (χ4v) is 4.82. The Labute approximate surface area is 282 Å². The average molecular weight is 700 g/mol. The fraction of sp³-hybridized carbons (Fsp3) is 0.719. The van der Waals surface area contributed by atoms with Crippen LogP contribution in [0.2, 0.25) is 0 Å². The number of carbonyl (C=O) groups excluding carboxylic acids is 5. The third-order valence-corrected chi connectivity index (χ3v) is 7.50. The largest absolute Gasteiger partial charge is 0.459 e. The van der Waals surface area contributed by atoms with Crippen LogP contribution in [0.5, 0.6) is 0 Å². The molecule has 0 radical (unpaired) electrons. The Bertz CT molecular complexity index is 1530. The van der Waals surface area contributed by atoms with Crippen LogP contribution in [0.25, 0.3) is 0 Å². The summed E-state index contributed by atoms with van der Waals surface area (Å²) in [5.74, 6) is -8.80. The number of hydrogen-bond donors (Lipinski definition) is 0. The molecule has 16 nitrogen and oxygen atoms in total. The number of esters is 4. The molecule has 1 amide bonds. The smallest absolute Gasteiger partial charge is 0.411 e. The highest BCUT2D eigenvalue weighted by Crippen LogP contribution is 2.42. The molecule has 3 rings (SSSR count). The van der Waals surface area contributed by atoms with Gasteiger partial charge in [-0.05, 0) is 33.6 Å². The highest BCUT2D eigenvalue weighted by Gasteiger charge is 2.62. The van der Waals surface area contributed by atoms with Crippen molar-refractivity contribution >= 4 is 30.0 Å². The summed E-state index contributed by atoms with van der Waals surface area (Å²) >= 11 is 0. The molecule has 1 aromatic heterocycles.